The fourth-order valence-electron chi connectivity index (χ4n) is 4.20. The maximum atomic E-state index is 9.82. The highest BCUT2D eigenvalue weighted by Crippen LogP contribution is 2.38. The average molecular weight is 387 g/mol. The van der Waals surface area contributed by atoms with Gasteiger partial charge in [-0.05, 0) is 12.1 Å². The van der Waals surface area contributed by atoms with E-state index < -0.39 is 0 Å². The molecule has 0 radical (unpaired) electrons. The Labute approximate surface area is 168 Å². The molecule has 1 fully saturated rings. The van der Waals surface area contributed by atoms with E-state index in [-0.39, 0.29) is 6.17 Å². The van der Waals surface area contributed by atoms with Gasteiger partial charge in [-0.3, -0.25) is 9.88 Å². The molecule has 0 spiro atoms. The number of morpholine rings is 1. The van der Waals surface area contributed by atoms with Gasteiger partial charge in [-0.25, -0.2) is 0 Å². The predicted molar refractivity (Wildman–Crippen MR) is 111 cm³/mol. The van der Waals surface area contributed by atoms with Crippen LogP contribution in [0.3, 0.4) is 0 Å². The van der Waals surface area contributed by atoms with Gasteiger partial charge in [0.1, 0.15) is 29.4 Å². The predicted octanol–water partition coefficient (Wildman–Crippen LogP) is 1.86. The number of nitriles is 1. The van der Waals surface area contributed by atoms with Crippen molar-refractivity contribution in [2.24, 2.45) is 5.73 Å². The standard InChI is InChI=1S/C21H21N7O/c1-26-20(27-6-8-29-9-7-27)16(11-22)19(23)28-21(26)17(13-25-28)15-10-14-4-2-3-5-18(14)24-12-15/h2-5,10,12-13,20H,6-9,23H2,1H3. The first-order chi connectivity index (χ1) is 14.2. The summed E-state index contributed by atoms with van der Waals surface area (Å²) in [6.07, 6.45) is 3.40. The number of aromatic nitrogens is 3. The SMILES string of the molecule is CN1c2c(-c3cnc4ccccc4c3)cnn2C(N)=C(C#N)C1N1CCOCC1. The number of ether oxygens (including phenoxy) is 1. The summed E-state index contributed by atoms with van der Waals surface area (Å²) in [4.78, 5) is 8.90. The first-order valence-corrected chi connectivity index (χ1v) is 9.57. The molecule has 0 bridgehead atoms. The Morgan fingerprint density at radius 1 is 1.21 bits per heavy atom. The van der Waals surface area contributed by atoms with Gasteiger partial charge in [0, 0.05) is 42.8 Å². The summed E-state index contributed by atoms with van der Waals surface area (Å²) in [5.41, 5.74) is 9.75. The molecule has 1 unspecified atom stereocenters. The summed E-state index contributed by atoms with van der Waals surface area (Å²) in [7, 11) is 1.98. The minimum absolute atomic E-state index is 0.250. The van der Waals surface area contributed by atoms with Crippen LogP contribution in [0.1, 0.15) is 0 Å². The Kier molecular flexibility index (Phi) is 4.19. The van der Waals surface area contributed by atoms with E-state index in [9.17, 15) is 5.26 Å². The summed E-state index contributed by atoms with van der Waals surface area (Å²) in [6, 6.07) is 12.4. The molecule has 2 N–H and O–H groups in total. The molecule has 1 aromatic carbocycles. The number of benzene rings is 1. The molecule has 8 nitrogen and oxygen atoms in total. The van der Waals surface area contributed by atoms with Gasteiger partial charge in [-0.1, -0.05) is 18.2 Å². The van der Waals surface area contributed by atoms with Crippen LogP contribution in [0.2, 0.25) is 0 Å². The van der Waals surface area contributed by atoms with Crippen molar-refractivity contribution >= 4 is 22.5 Å². The molecule has 2 aliphatic rings. The van der Waals surface area contributed by atoms with E-state index in [0.717, 1.165) is 40.9 Å². The van der Waals surface area contributed by atoms with E-state index in [4.69, 9.17) is 10.5 Å². The van der Waals surface area contributed by atoms with Crippen molar-refractivity contribution < 1.29 is 4.74 Å². The normalized spacial score (nSPS) is 20.0. The topological polar surface area (TPSA) is 96.2 Å². The minimum Gasteiger partial charge on any atom is -0.383 e. The molecule has 3 aromatic rings. The summed E-state index contributed by atoms with van der Waals surface area (Å²) >= 11 is 0. The Morgan fingerprint density at radius 3 is 2.79 bits per heavy atom. The van der Waals surface area contributed by atoms with E-state index in [1.807, 2.05) is 37.5 Å². The van der Waals surface area contributed by atoms with E-state index in [0.29, 0.717) is 24.6 Å². The zero-order valence-electron chi connectivity index (χ0n) is 16.1. The number of nitrogens with two attached hydrogens (primary N) is 1. The second-order valence-corrected chi connectivity index (χ2v) is 7.25. The quantitative estimate of drug-likeness (QED) is 0.717. The van der Waals surface area contributed by atoms with Crippen LogP contribution in [0, 0.1) is 11.3 Å². The van der Waals surface area contributed by atoms with Crippen molar-refractivity contribution in [1.82, 2.24) is 19.7 Å². The number of rotatable bonds is 2. The van der Waals surface area contributed by atoms with Gasteiger partial charge in [0.15, 0.2) is 0 Å². The molecular formula is C21H21N7O. The minimum atomic E-state index is -0.250. The van der Waals surface area contributed by atoms with Crippen LogP contribution in [-0.2, 0) is 4.74 Å². The van der Waals surface area contributed by atoms with Gasteiger partial charge in [0.25, 0.3) is 0 Å². The van der Waals surface area contributed by atoms with E-state index in [1.165, 1.54) is 0 Å². The van der Waals surface area contributed by atoms with Crippen LogP contribution in [0.15, 0.2) is 48.3 Å². The molecule has 2 aromatic heterocycles. The molecule has 29 heavy (non-hydrogen) atoms. The van der Waals surface area contributed by atoms with Gasteiger partial charge in [-0.2, -0.15) is 15.0 Å². The number of fused-ring (bicyclic) bond motifs is 2. The molecule has 4 heterocycles. The molecular weight excluding hydrogens is 366 g/mol. The van der Waals surface area contributed by atoms with Gasteiger partial charge in [0.2, 0.25) is 0 Å². The lowest BCUT2D eigenvalue weighted by atomic mass is 10.0. The molecule has 0 amide bonds. The number of para-hydroxylation sites is 1. The number of hydrogen-bond acceptors (Lipinski definition) is 7. The monoisotopic (exact) mass is 387 g/mol. The van der Waals surface area contributed by atoms with E-state index in [2.05, 4.69) is 32.0 Å². The van der Waals surface area contributed by atoms with Crippen LogP contribution >= 0.6 is 0 Å². The van der Waals surface area contributed by atoms with Crippen LogP contribution < -0.4 is 10.6 Å². The van der Waals surface area contributed by atoms with Crippen molar-refractivity contribution in [2.75, 3.05) is 38.3 Å². The summed E-state index contributed by atoms with van der Waals surface area (Å²) < 4.78 is 7.15. The van der Waals surface area contributed by atoms with Crippen molar-refractivity contribution in [2.45, 2.75) is 6.17 Å². The van der Waals surface area contributed by atoms with Crippen molar-refractivity contribution in [1.29, 1.82) is 5.26 Å². The zero-order chi connectivity index (χ0) is 20.0. The second kappa shape index (κ2) is 6.88. The van der Waals surface area contributed by atoms with Gasteiger partial charge < -0.3 is 15.4 Å². The highest BCUT2D eigenvalue weighted by molar-refractivity contribution is 5.87. The fourth-order valence-corrected chi connectivity index (χ4v) is 4.20. The average Bonchev–Trinajstić information content (AvgIpc) is 3.22. The highest BCUT2D eigenvalue weighted by atomic mass is 16.5. The summed E-state index contributed by atoms with van der Waals surface area (Å²) in [5, 5.41) is 15.4. The first-order valence-electron chi connectivity index (χ1n) is 9.57. The van der Waals surface area contributed by atoms with Crippen LogP contribution in [0.4, 0.5) is 5.82 Å². The summed E-state index contributed by atoms with van der Waals surface area (Å²) in [6.45, 7) is 2.77. The fraction of sp³-hybridized carbons (Fsp3) is 0.286. The maximum Gasteiger partial charge on any atom is 0.144 e. The van der Waals surface area contributed by atoms with E-state index >= 15 is 0 Å². The largest absolute Gasteiger partial charge is 0.383 e. The lowest BCUT2D eigenvalue weighted by Gasteiger charge is -2.43. The first kappa shape index (κ1) is 17.7. The maximum absolute atomic E-state index is 9.82. The summed E-state index contributed by atoms with van der Waals surface area (Å²) in [5.74, 6) is 1.23. The van der Waals surface area contributed by atoms with Crippen LogP contribution in [0.25, 0.3) is 27.9 Å². The van der Waals surface area contributed by atoms with Gasteiger partial charge in [-0.15, -0.1) is 0 Å². The number of likely N-dealkylation sites (N-methyl/N-ethyl adjacent to an activating group) is 1. The zero-order valence-corrected chi connectivity index (χ0v) is 16.1. The van der Waals surface area contributed by atoms with Crippen molar-refractivity contribution in [3.05, 3.63) is 48.3 Å². The number of hydrogen-bond donors (Lipinski definition) is 1. The smallest absolute Gasteiger partial charge is 0.144 e. The number of anilines is 1. The third-order valence-electron chi connectivity index (χ3n) is 5.62. The third kappa shape index (κ3) is 2.75. The van der Waals surface area contributed by atoms with Gasteiger partial charge >= 0.3 is 0 Å². The van der Waals surface area contributed by atoms with E-state index in [1.54, 1.807) is 10.9 Å². The Hall–Kier alpha value is -3.41. The highest BCUT2D eigenvalue weighted by Gasteiger charge is 2.37. The van der Waals surface area contributed by atoms with Crippen LogP contribution in [-0.4, -0.2) is 59.2 Å². The molecule has 1 saturated heterocycles. The molecule has 1 atom stereocenters. The Bertz CT molecular complexity index is 1150. The number of nitrogens with zero attached hydrogens (tertiary/aromatic N) is 6. The van der Waals surface area contributed by atoms with Crippen LogP contribution in [0.5, 0.6) is 0 Å². The molecule has 146 valence electrons. The lowest BCUT2D eigenvalue weighted by molar-refractivity contribution is 0.0240. The Balaban J connectivity index is 1.64. The number of pyridine rings is 1. The van der Waals surface area contributed by atoms with Gasteiger partial charge in [0.05, 0.1) is 24.9 Å². The lowest BCUT2D eigenvalue weighted by Crippen LogP contribution is -2.55. The molecule has 0 saturated carbocycles. The molecule has 2 aliphatic heterocycles. The van der Waals surface area contributed by atoms with Crippen molar-refractivity contribution in [3.63, 3.8) is 0 Å². The molecule has 8 heteroatoms. The third-order valence-corrected chi connectivity index (χ3v) is 5.62. The Morgan fingerprint density at radius 2 is 2.00 bits per heavy atom. The molecule has 5 rings (SSSR count). The molecule has 0 aliphatic carbocycles. The second-order valence-electron chi connectivity index (χ2n) is 7.25. The van der Waals surface area contributed by atoms with Crippen molar-refractivity contribution in [3.8, 4) is 17.2 Å².